The van der Waals surface area contributed by atoms with Crippen LogP contribution in [-0.4, -0.2) is 23.1 Å². The lowest BCUT2D eigenvalue weighted by atomic mass is 9.92. The lowest BCUT2D eigenvalue weighted by Gasteiger charge is -2.27. The fourth-order valence-electron chi connectivity index (χ4n) is 2.23. The highest BCUT2D eigenvalue weighted by Crippen LogP contribution is 2.26. The van der Waals surface area contributed by atoms with Gasteiger partial charge in [-0.3, -0.25) is 4.98 Å². The molecule has 0 spiro atoms. The zero-order chi connectivity index (χ0) is 14.9. The first kappa shape index (κ1) is 14.0. The third-order valence-electron chi connectivity index (χ3n) is 3.61. The molecule has 2 aromatic rings. The van der Waals surface area contributed by atoms with Gasteiger partial charge in [0.25, 0.3) is 0 Å². The molecule has 0 unspecified atom stereocenters. The van der Waals surface area contributed by atoms with Crippen LogP contribution in [0.1, 0.15) is 28.4 Å². The summed E-state index contributed by atoms with van der Waals surface area (Å²) in [5.74, 6) is 0.574. The summed E-state index contributed by atoms with van der Waals surface area (Å²) < 4.78 is 37.2. The van der Waals surface area contributed by atoms with E-state index in [1.54, 1.807) is 0 Å². The van der Waals surface area contributed by atoms with Crippen LogP contribution in [0.25, 0.3) is 0 Å². The van der Waals surface area contributed by atoms with E-state index in [1.807, 2.05) is 12.1 Å². The van der Waals surface area contributed by atoms with E-state index in [2.05, 4.69) is 27.4 Å². The Bertz CT molecular complexity index is 602. The molecular formula is C15H14F3N3. The number of alkyl halides is 3. The van der Waals surface area contributed by atoms with Crippen molar-refractivity contribution >= 4 is 0 Å². The molecule has 1 N–H and O–H groups in total. The molecule has 2 heterocycles. The van der Waals surface area contributed by atoms with Gasteiger partial charge in [0.15, 0.2) is 5.69 Å². The molecule has 1 aliphatic rings. The first-order valence-corrected chi connectivity index (χ1v) is 6.70. The van der Waals surface area contributed by atoms with Gasteiger partial charge in [-0.1, -0.05) is 24.3 Å². The monoisotopic (exact) mass is 293 g/mol. The van der Waals surface area contributed by atoms with Gasteiger partial charge < -0.3 is 5.32 Å². The standard InChI is InChI=1S/C15H14F3N3/c16-15(17,18)14-9-20-13(8-21-14)5-10-1-3-11(4-2-10)12-6-19-7-12/h1-4,8-9,12,19H,5-7H2. The predicted molar refractivity (Wildman–Crippen MR) is 71.9 cm³/mol. The first-order chi connectivity index (χ1) is 10.0. The lowest BCUT2D eigenvalue weighted by molar-refractivity contribution is -0.141. The Labute approximate surface area is 120 Å². The summed E-state index contributed by atoms with van der Waals surface area (Å²) in [5, 5.41) is 3.22. The summed E-state index contributed by atoms with van der Waals surface area (Å²) in [6, 6.07) is 8.12. The smallest absolute Gasteiger partial charge is 0.315 e. The van der Waals surface area contributed by atoms with Crippen molar-refractivity contribution in [3.05, 3.63) is 59.2 Å². The van der Waals surface area contributed by atoms with Crippen molar-refractivity contribution in [2.75, 3.05) is 13.1 Å². The summed E-state index contributed by atoms with van der Waals surface area (Å²) in [6.07, 6.45) is -1.99. The highest BCUT2D eigenvalue weighted by molar-refractivity contribution is 5.29. The molecular weight excluding hydrogens is 279 g/mol. The van der Waals surface area contributed by atoms with Crippen LogP contribution < -0.4 is 5.32 Å². The first-order valence-electron chi connectivity index (χ1n) is 6.70. The second-order valence-corrected chi connectivity index (χ2v) is 5.16. The van der Waals surface area contributed by atoms with Gasteiger partial charge >= 0.3 is 6.18 Å². The topological polar surface area (TPSA) is 37.8 Å². The molecule has 3 nitrogen and oxygen atoms in total. The average molecular weight is 293 g/mol. The summed E-state index contributed by atoms with van der Waals surface area (Å²) in [5.41, 5.74) is 1.87. The Morgan fingerprint density at radius 2 is 1.76 bits per heavy atom. The maximum absolute atomic E-state index is 12.4. The summed E-state index contributed by atoms with van der Waals surface area (Å²) in [4.78, 5) is 7.25. The SMILES string of the molecule is FC(F)(F)c1cnc(Cc2ccc(C3CNC3)cc2)cn1. The van der Waals surface area contributed by atoms with Crippen molar-refractivity contribution in [2.45, 2.75) is 18.5 Å². The Morgan fingerprint density at radius 3 is 2.24 bits per heavy atom. The number of nitrogens with zero attached hydrogens (tertiary/aromatic N) is 2. The van der Waals surface area contributed by atoms with Crippen molar-refractivity contribution in [1.29, 1.82) is 0 Å². The van der Waals surface area contributed by atoms with Crippen LogP contribution in [0.4, 0.5) is 13.2 Å². The number of benzene rings is 1. The second kappa shape index (κ2) is 5.44. The van der Waals surface area contributed by atoms with Crippen molar-refractivity contribution in [1.82, 2.24) is 15.3 Å². The third-order valence-corrected chi connectivity index (χ3v) is 3.61. The van der Waals surface area contributed by atoms with E-state index in [1.165, 1.54) is 11.8 Å². The van der Waals surface area contributed by atoms with E-state index in [9.17, 15) is 13.2 Å². The van der Waals surface area contributed by atoms with Crippen LogP contribution in [0.15, 0.2) is 36.7 Å². The molecule has 0 saturated carbocycles. The lowest BCUT2D eigenvalue weighted by Crippen LogP contribution is -2.39. The Morgan fingerprint density at radius 1 is 1.05 bits per heavy atom. The minimum atomic E-state index is -4.44. The van der Waals surface area contributed by atoms with Crippen LogP contribution in [0.5, 0.6) is 0 Å². The van der Waals surface area contributed by atoms with E-state index >= 15 is 0 Å². The van der Waals surface area contributed by atoms with Gasteiger partial charge in [0, 0.05) is 31.6 Å². The Balaban J connectivity index is 1.68. The molecule has 3 rings (SSSR count). The van der Waals surface area contributed by atoms with E-state index in [4.69, 9.17) is 0 Å². The molecule has 1 aromatic carbocycles. The van der Waals surface area contributed by atoms with Gasteiger partial charge in [-0.25, -0.2) is 4.98 Å². The van der Waals surface area contributed by atoms with Crippen molar-refractivity contribution in [3.63, 3.8) is 0 Å². The van der Waals surface area contributed by atoms with Crippen LogP contribution in [0, 0.1) is 0 Å². The fraction of sp³-hybridized carbons (Fsp3) is 0.333. The van der Waals surface area contributed by atoms with E-state index in [0.717, 1.165) is 24.8 Å². The highest BCUT2D eigenvalue weighted by atomic mass is 19.4. The second-order valence-electron chi connectivity index (χ2n) is 5.16. The number of hydrogen-bond acceptors (Lipinski definition) is 3. The van der Waals surface area contributed by atoms with E-state index in [0.29, 0.717) is 18.0 Å². The van der Waals surface area contributed by atoms with Crippen LogP contribution in [-0.2, 0) is 12.6 Å². The zero-order valence-electron chi connectivity index (χ0n) is 11.2. The molecule has 0 atom stereocenters. The molecule has 1 saturated heterocycles. The molecule has 6 heteroatoms. The Kier molecular flexibility index (Phi) is 3.63. The van der Waals surface area contributed by atoms with E-state index in [-0.39, 0.29) is 0 Å². The van der Waals surface area contributed by atoms with Gasteiger partial charge in [-0.05, 0) is 11.1 Å². The number of nitrogens with one attached hydrogen (secondary N) is 1. The molecule has 21 heavy (non-hydrogen) atoms. The van der Waals surface area contributed by atoms with Gasteiger partial charge in [0.1, 0.15) is 0 Å². The molecule has 0 amide bonds. The molecule has 1 aliphatic heterocycles. The van der Waals surface area contributed by atoms with Crippen molar-refractivity contribution < 1.29 is 13.2 Å². The van der Waals surface area contributed by atoms with Crippen LogP contribution >= 0.6 is 0 Å². The Hall–Kier alpha value is -1.95. The normalized spacial score (nSPS) is 15.8. The summed E-state index contributed by atoms with van der Waals surface area (Å²) >= 11 is 0. The largest absolute Gasteiger partial charge is 0.434 e. The highest BCUT2D eigenvalue weighted by Gasteiger charge is 2.32. The van der Waals surface area contributed by atoms with Crippen LogP contribution in [0.2, 0.25) is 0 Å². The third kappa shape index (κ3) is 3.21. The van der Waals surface area contributed by atoms with Crippen molar-refractivity contribution in [2.24, 2.45) is 0 Å². The minimum Gasteiger partial charge on any atom is -0.315 e. The maximum atomic E-state index is 12.4. The minimum absolute atomic E-state index is 0.480. The number of halogens is 3. The van der Waals surface area contributed by atoms with Crippen molar-refractivity contribution in [3.8, 4) is 0 Å². The number of rotatable bonds is 3. The fourth-order valence-corrected chi connectivity index (χ4v) is 2.23. The quantitative estimate of drug-likeness (QED) is 0.945. The molecule has 0 radical (unpaired) electrons. The van der Waals surface area contributed by atoms with E-state index < -0.39 is 11.9 Å². The molecule has 110 valence electrons. The molecule has 0 bridgehead atoms. The predicted octanol–water partition coefficient (Wildman–Crippen LogP) is 2.77. The van der Waals surface area contributed by atoms with Gasteiger partial charge in [-0.2, -0.15) is 13.2 Å². The summed E-state index contributed by atoms with van der Waals surface area (Å²) in [6.45, 7) is 2.01. The van der Waals surface area contributed by atoms with Crippen LogP contribution in [0.3, 0.4) is 0 Å². The van der Waals surface area contributed by atoms with Gasteiger partial charge in [0.2, 0.25) is 0 Å². The van der Waals surface area contributed by atoms with Gasteiger partial charge in [-0.15, -0.1) is 0 Å². The van der Waals surface area contributed by atoms with Gasteiger partial charge in [0.05, 0.1) is 11.9 Å². The summed E-state index contributed by atoms with van der Waals surface area (Å²) in [7, 11) is 0. The number of hydrogen-bond donors (Lipinski definition) is 1. The maximum Gasteiger partial charge on any atom is 0.434 e. The molecule has 0 aliphatic carbocycles. The average Bonchev–Trinajstić information content (AvgIpc) is 2.39. The molecule has 1 fully saturated rings. The molecule has 1 aromatic heterocycles. The number of aromatic nitrogens is 2. The zero-order valence-corrected chi connectivity index (χ0v) is 11.2.